The first kappa shape index (κ1) is 84.3. The number of Topliss-reactive ketones (excluding diaryl/α,β-unsaturated/α-hetero) is 1. The van der Waals surface area contributed by atoms with Crippen molar-refractivity contribution in [3.05, 3.63) is 11.5 Å². The van der Waals surface area contributed by atoms with Crippen molar-refractivity contribution in [2.45, 2.75) is 256 Å². The van der Waals surface area contributed by atoms with Crippen molar-refractivity contribution in [1.29, 1.82) is 0 Å². The number of allylic oxidation sites excluding steroid dienone is 2. The number of carbonyl (C=O) groups excluding carboxylic acids is 15. The van der Waals surface area contributed by atoms with E-state index < -0.39 is 275 Å². The molecular formula is C59H82N5O39P. The Labute approximate surface area is 589 Å². The van der Waals surface area contributed by atoms with Crippen LogP contribution in [-0.4, -0.2) is 270 Å². The van der Waals surface area contributed by atoms with Gasteiger partial charge in [-0.2, -0.15) is 0 Å². The topological polar surface area (TPSA) is 607 Å². The van der Waals surface area contributed by atoms with Crippen molar-refractivity contribution in [2.75, 3.05) is 13.2 Å². The van der Waals surface area contributed by atoms with Gasteiger partial charge >= 0.3 is 68.1 Å². The molecule has 26 atom stereocenters. The van der Waals surface area contributed by atoms with Gasteiger partial charge in [0.15, 0.2) is 110 Å². The van der Waals surface area contributed by atoms with Crippen LogP contribution in [0.4, 0.5) is 4.79 Å². The smallest absolute Gasteiger partial charge is 0.404 e. The third-order valence-corrected chi connectivity index (χ3v) is 16.2. The monoisotopic (exact) mass is 1520 g/mol. The molecule has 5 heterocycles. The molecule has 10 N–H and O–H groups in total. The Bertz CT molecular complexity index is 3330. The molecule has 5 saturated heterocycles. The molecule has 11 unspecified atom stereocenters. The summed E-state index contributed by atoms with van der Waals surface area (Å²) in [7, 11) is -4.28. The maximum atomic E-state index is 14.3. The van der Waals surface area contributed by atoms with Gasteiger partial charge in [0.05, 0.1) is 12.7 Å². The van der Waals surface area contributed by atoms with E-state index in [1.54, 1.807) is 0 Å². The summed E-state index contributed by atoms with van der Waals surface area (Å²) in [5.41, 5.74) is 7.52. The van der Waals surface area contributed by atoms with Crippen LogP contribution < -0.4 is 27.4 Å². The number of ether oxygens (including phenoxy) is 19. The quantitative estimate of drug-likeness (QED) is 0.0217. The Morgan fingerprint density at radius 1 is 0.500 bits per heavy atom. The zero-order valence-corrected chi connectivity index (χ0v) is 58.9. The second-order valence-corrected chi connectivity index (χ2v) is 25.0. The lowest BCUT2D eigenvalue weighted by molar-refractivity contribution is -0.375. The maximum absolute atomic E-state index is 14.3. The zero-order valence-electron chi connectivity index (χ0n) is 57.9. The molecule has 0 spiro atoms. The molecule has 5 fully saturated rings. The average Bonchev–Trinajstić information content (AvgIpc) is 0.788. The summed E-state index contributed by atoms with van der Waals surface area (Å²) in [5.74, 6) is -16.3. The van der Waals surface area contributed by atoms with Crippen LogP contribution in [0.1, 0.15) is 103 Å². The Morgan fingerprint density at radius 2 is 0.933 bits per heavy atom. The van der Waals surface area contributed by atoms with Gasteiger partial charge in [-0.25, -0.2) is 4.79 Å². The van der Waals surface area contributed by atoms with E-state index in [1.807, 2.05) is 0 Å². The van der Waals surface area contributed by atoms with Crippen LogP contribution in [0, 0.1) is 0 Å². The van der Waals surface area contributed by atoms with Gasteiger partial charge in [0, 0.05) is 89.0 Å². The number of amides is 5. The van der Waals surface area contributed by atoms with Gasteiger partial charge in [0.25, 0.3) is 5.91 Å². The lowest BCUT2D eigenvalue weighted by Gasteiger charge is -2.52. The number of rotatable bonds is 27. The summed E-state index contributed by atoms with van der Waals surface area (Å²) in [6.07, 6.45) is -48.8. The van der Waals surface area contributed by atoms with Gasteiger partial charge in [-0.1, -0.05) is 0 Å². The molecule has 0 bridgehead atoms. The van der Waals surface area contributed by atoms with E-state index in [0.717, 1.165) is 83.1 Å². The van der Waals surface area contributed by atoms with Gasteiger partial charge in [0.2, 0.25) is 17.7 Å². The first-order valence-corrected chi connectivity index (χ1v) is 32.8. The second-order valence-electron chi connectivity index (χ2n) is 24.2. The van der Waals surface area contributed by atoms with Crippen molar-refractivity contribution >= 4 is 97.5 Å². The van der Waals surface area contributed by atoms with Crippen molar-refractivity contribution in [3.8, 4) is 0 Å². The van der Waals surface area contributed by atoms with Gasteiger partial charge in [0.1, 0.15) is 60.2 Å². The molecule has 6 rings (SSSR count). The molecular weight excluding hydrogens is 1430 g/mol. The maximum Gasteiger partial charge on any atom is 0.404 e. The van der Waals surface area contributed by atoms with E-state index in [-0.39, 0.29) is 12.8 Å². The lowest BCUT2D eigenvalue weighted by Crippen LogP contribution is -2.73. The molecule has 0 aromatic carbocycles. The van der Waals surface area contributed by atoms with Crippen LogP contribution in [0.15, 0.2) is 11.5 Å². The van der Waals surface area contributed by atoms with Crippen molar-refractivity contribution < 1.29 is 186 Å². The molecule has 5 amide bonds. The molecule has 0 saturated carbocycles. The van der Waals surface area contributed by atoms with Gasteiger partial charge in [-0.3, -0.25) is 76.2 Å². The minimum atomic E-state index is -4.28. The van der Waals surface area contributed by atoms with E-state index in [4.69, 9.17) is 106 Å². The highest BCUT2D eigenvalue weighted by Crippen LogP contribution is 2.42. The number of primary amides is 2. The van der Waals surface area contributed by atoms with Crippen molar-refractivity contribution in [1.82, 2.24) is 16.0 Å². The number of aliphatic hydroxyl groups is 2. The van der Waals surface area contributed by atoms with Crippen molar-refractivity contribution in [2.24, 2.45) is 11.5 Å². The van der Waals surface area contributed by atoms with Crippen LogP contribution in [0.25, 0.3) is 0 Å². The molecule has 6 aliphatic rings. The summed E-state index contributed by atoms with van der Waals surface area (Å²) in [4.78, 5) is 207. The largest absolute Gasteiger partial charge is 0.510 e. The fraction of sp³-hybridized carbons (Fsp3) is 0.712. The summed E-state index contributed by atoms with van der Waals surface area (Å²) < 4.78 is 130. The number of esters is 9. The second kappa shape index (κ2) is 36.4. The minimum absolute atomic E-state index is 0.210. The summed E-state index contributed by atoms with van der Waals surface area (Å²) >= 11 is 0. The van der Waals surface area contributed by atoms with E-state index in [9.17, 15) is 91.6 Å². The molecule has 0 aromatic heterocycles. The number of ketones is 1. The molecule has 5 aliphatic heterocycles. The van der Waals surface area contributed by atoms with Gasteiger partial charge < -0.3 is 133 Å². The summed E-state index contributed by atoms with van der Waals surface area (Å²) in [5, 5.41) is 29.6. The third-order valence-electron chi connectivity index (χ3n) is 15.7. The highest BCUT2D eigenvalue weighted by atomic mass is 31.1. The highest BCUT2D eigenvalue weighted by Gasteiger charge is 2.64. The molecule has 45 heteroatoms. The van der Waals surface area contributed by atoms with E-state index in [1.165, 1.54) is 6.92 Å². The molecule has 104 heavy (non-hydrogen) atoms. The standard InChI is InChI=1S/C59H82N5O39P/c1-18-37(97-56-47(94-29(12)75)44(92-27(10)73)43(91-26(9)72)45(99-56)52(79)64-34-30(76)14-15-31(34)77)40(88-23(6)69)35(62-19(2)65)53(86-18)98-38-33(17-85-55-46(93-28(11)74)42(90-25(8)71)39(87-22(5)68)32(96-55)16-84-21(4)67)95-54(36(63-20(3)66)41(38)89-24(7)70)100-48-49(102-58(61)80)59(13,81)50(51(60)78)101-57(48)103-104(82)83/h18,32-33,35-50,53-57,76,81,104H,14-17H2,1-13H3,(H2,60,78)(H2,61,80)(H,62,65)(H,63,66)(H,64,79)(H,82,83)/t18?,32?,33?,35-,36-,37+,38+,39+,40?,41?,42?,43+,44?,45?,46-,47-,48?,49+,50?,53-,54-,55+,56+,57+,59-/m0/s1. The van der Waals surface area contributed by atoms with Crippen molar-refractivity contribution in [3.63, 3.8) is 0 Å². The average molecular weight is 1520 g/mol. The van der Waals surface area contributed by atoms with E-state index >= 15 is 0 Å². The summed E-state index contributed by atoms with van der Waals surface area (Å²) in [6.45, 7) is 9.84. The molecule has 44 nitrogen and oxygen atoms in total. The first-order valence-electron chi connectivity index (χ1n) is 31.5. The Hall–Kier alpha value is -8.66. The minimum Gasteiger partial charge on any atom is -0.510 e. The van der Waals surface area contributed by atoms with E-state index in [2.05, 4.69) is 16.0 Å². The number of hydrogen-bond acceptors (Lipinski definition) is 38. The predicted molar refractivity (Wildman–Crippen MR) is 324 cm³/mol. The molecule has 582 valence electrons. The summed E-state index contributed by atoms with van der Waals surface area (Å²) in [6, 6.07) is -4.11. The predicted octanol–water partition coefficient (Wildman–Crippen LogP) is -4.82. The molecule has 0 radical (unpaired) electrons. The van der Waals surface area contributed by atoms with Crippen LogP contribution in [0.5, 0.6) is 0 Å². The fourth-order valence-electron chi connectivity index (χ4n) is 12.1. The SMILES string of the molecule is CC(=O)N[C@H]1C(OC(C)=O)[C@H](O[C@@H]2OC(C(=O)NC3=C(O)CCC3=O)[C@H](OC(C)=O)C(OC(C)=O)[C@@H]2OC(C)=O)C(C)O[C@H]1O[C@@H]1C(CO[C@@H]2OC(COC(C)=O)[C@@H](OC(C)=O)C(OC(C)=O)[C@@H]2OC(C)=O)O[C@@H](OC2[C@@H](O[PH](=O)O)OC(C(N)=O)[C@@](C)(O)[C@@H]2OC(N)=O)[C@@H](NC(C)=O)C1OC(C)=O. The number of aliphatic hydroxyl groups excluding tert-OH is 1. The number of nitrogens with two attached hydrogens (primary N) is 2. The van der Waals surface area contributed by atoms with Crippen LogP contribution in [0.2, 0.25) is 0 Å². The first-order chi connectivity index (χ1) is 48.5. The highest BCUT2D eigenvalue weighted by molar-refractivity contribution is 7.32. The number of carbonyl (C=O) groups is 15. The van der Waals surface area contributed by atoms with E-state index in [0.29, 0.717) is 0 Å². The molecule has 0 aromatic rings. The van der Waals surface area contributed by atoms with Gasteiger partial charge in [-0.15, -0.1) is 0 Å². The zero-order chi connectivity index (χ0) is 77.8. The van der Waals surface area contributed by atoms with Crippen LogP contribution in [-0.2, 0) is 166 Å². The Balaban J connectivity index is 1.57. The fourth-order valence-corrected chi connectivity index (χ4v) is 12.5. The Kier molecular flexibility index (Phi) is 29.5. The van der Waals surface area contributed by atoms with Gasteiger partial charge in [-0.05, 0) is 13.8 Å². The number of hydrogen-bond donors (Lipinski definition) is 8. The number of nitrogens with one attached hydrogen (secondary N) is 3. The molecule has 1 aliphatic carbocycles. The normalized spacial score (nSPS) is 35.0. The third kappa shape index (κ3) is 22.0. The lowest BCUT2D eigenvalue weighted by atomic mass is 9.85. The Morgan fingerprint density at radius 3 is 1.40 bits per heavy atom. The van der Waals surface area contributed by atoms with Crippen LogP contribution in [0.3, 0.4) is 0 Å². The van der Waals surface area contributed by atoms with Crippen LogP contribution >= 0.6 is 8.25 Å².